The number of hydrazine groups is 1. The molecule has 0 bridgehead atoms. The highest BCUT2D eigenvalue weighted by atomic mass is 32.2. The van der Waals surface area contributed by atoms with Gasteiger partial charge in [-0.3, -0.25) is 31.1 Å². The summed E-state index contributed by atoms with van der Waals surface area (Å²) in [5.41, 5.74) is 3.82. The van der Waals surface area contributed by atoms with E-state index >= 15 is 0 Å². The summed E-state index contributed by atoms with van der Waals surface area (Å²) in [4.78, 5) is 17.2. The van der Waals surface area contributed by atoms with Gasteiger partial charge in [-0.2, -0.15) is 0 Å². The van der Waals surface area contributed by atoms with Crippen LogP contribution in [0.3, 0.4) is 0 Å². The Morgan fingerprint density at radius 1 is 1.12 bits per heavy atom. The Kier molecular flexibility index (Phi) is 10.1. The van der Waals surface area contributed by atoms with E-state index in [9.17, 15) is 4.79 Å². The molecule has 1 aliphatic carbocycles. The fourth-order valence-corrected chi connectivity index (χ4v) is 10.5. The number of nitrogens with one attached hydrogen (secondary N) is 5. The average molecular weight is 609 g/mol. The van der Waals surface area contributed by atoms with Gasteiger partial charge in [0.05, 0.1) is 37.3 Å². The van der Waals surface area contributed by atoms with Crippen LogP contribution < -0.4 is 31.6 Å². The highest BCUT2D eigenvalue weighted by Gasteiger charge is 2.50. The standard InChI is InChI=1S/C30H54N8O3S/c1-20-22(17-36-10-8-31-9-11-36)18-38(35-20)26-6-7-32-30(34-26)33-23-4-2-21(3-5-23)24-19-42-29-25(39)16-27(41-28(24)29)37-12-14-40-15-13-37/h20-24,26-35H,2-19H2,1H3/p+2. The molecule has 0 aromatic heterocycles. The first-order valence-corrected chi connectivity index (χ1v) is 18.2. The lowest BCUT2D eigenvalue weighted by atomic mass is 9.75. The normalized spacial score (nSPS) is 44.8. The number of Topliss-reactive ketones (excluding diaryl/α,β-unsaturated/α-hetero) is 1. The minimum Gasteiger partial charge on any atom is -0.379 e. The van der Waals surface area contributed by atoms with Crippen molar-refractivity contribution in [2.24, 2.45) is 17.8 Å². The fourth-order valence-electron chi connectivity index (χ4n) is 8.83. The Labute approximate surface area is 256 Å². The number of ether oxygens (including phenoxy) is 2. The van der Waals surface area contributed by atoms with Crippen molar-refractivity contribution in [3.63, 3.8) is 0 Å². The summed E-state index contributed by atoms with van der Waals surface area (Å²) in [5.74, 6) is 3.37. The van der Waals surface area contributed by atoms with Gasteiger partial charge in [0.1, 0.15) is 38.7 Å². The molecule has 8 unspecified atom stereocenters. The second kappa shape index (κ2) is 13.9. The minimum atomic E-state index is -0.0497. The molecule has 7 N–H and O–H groups in total. The molecule has 6 heterocycles. The summed E-state index contributed by atoms with van der Waals surface area (Å²) < 4.78 is 12.3. The number of piperazine rings is 1. The second-order valence-corrected chi connectivity index (χ2v) is 15.3. The van der Waals surface area contributed by atoms with Crippen LogP contribution in [0.1, 0.15) is 45.4 Å². The zero-order chi connectivity index (χ0) is 28.5. The van der Waals surface area contributed by atoms with Gasteiger partial charge in [0, 0.05) is 50.6 Å². The zero-order valence-corrected chi connectivity index (χ0v) is 26.4. The molecule has 6 aliphatic heterocycles. The lowest BCUT2D eigenvalue weighted by molar-refractivity contribution is -0.949. The van der Waals surface area contributed by atoms with Crippen molar-refractivity contribution in [1.82, 2.24) is 31.3 Å². The smallest absolute Gasteiger partial charge is 0.152 e. The third kappa shape index (κ3) is 6.89. The van der Waals surface area contributed by atoms with E-state index in [1.807, 2.05) is 11.8 Å². The number of hydrogen-bond donors (Lipinski definition) is 6. The Morgan fingerprint density at radius 3 is 2.74 bits per heavy atom. The van der Waals surface area contributed by atoms with Crippen molar-refractivity contribution < 1.29 is 24.5 Å². The molecule has 238 valence electrons. The van der Waals surface area contributed by atoms with Crippen molar-refractivity contribution in [2.45, 2.75) is 87.6 Å². The van der Waals surface area contributed by atoms with Gasteiger partial charge in [-0.15, -0.1) is 11.8 Å². The van der Waals surface area contributed by atoms with Crippen molar-refractivity contribution in [3.8, 4) is 0 Å². The lowest BCUT2D eigenvalue weighted by Crippen LogP contribution is -3.21. The minimum absolute atomic E-state index is 0.0497. The Hall–Kier alpha value is -0.380. The molecule has 8 atom stereocenters. The number of nitrogens with two attached hydrogens (primary N) is 1. The largest absolute Gasteiger partial charge is 0.379 e. The van der Waals surface area contributed by atoms with Crippen LogP contribution in [-0.4, -0.2) is 136 Å². The summed E-state index contributed by atoms with van der Waals surface area (Å²) in [5, 5.41) is 16.5. The number of fused-ring (bicyclic) bond motifs is 1. The second-order valence-electron chi connectivity index (χ2n) is 14.1. The van der Waals surface area contributed by atoms with Gasteiger partial charge in [0.15, 0.2) is 5.78 Å². The summed E-state index contributed by atoms with van der Waals surface area (Å²) in [6, 6.07) is 1.07. The number of carbonyl (C=O) groups is 1. The molecular formula is C30H56N8O3S+2. The average Bonchev–Trinajstić information content (AvgIpc) is 3.62. The molecule has 0 aromatic carbocycles. The topological polar surface area (TPSA) is 111 Å². The van der Waals surface area contributed by atoms with Gasteiger partial charge < -0.3 is 19.7 Å². The van der Waals surface area contributed by atoms with E-state index in [2.05, 4.69) is 43.5 Å². The van der Waals surface area contributed by atoms with Crippen LogP contribution in [0.4, 0.5) is 0 Å². The van der Waals surface area contributed by atoms with Crippen LogP contribution in [0.15, 0.2) is 0 Å². The van der Waals surface area contributed by atoms with Crippen LogP contribution in [0.2, 0.25) is 0 Å². The van der Waals surface area contributed by atoms with Gasteiger partial charge in [0.2, 0.25) is 0 Å². The van der Waals surface area contributed by atoms with E-state index in [4.69, 9.17) is 9.47 Å². The number of nitrogens with zero attached hydrogens (tertiary/aromatic N) is 2. The van der Waals surface area contributed by atoms with Gasteiger partial charge >= 0.3 is 0 Å². The molecule has 7 rings (SSSR count). The number of morpholine rings is 1. The van der Waals surface area contributed by atoms with Crippen LogP contribution >= 0.6 is 11.8 Å². The molecule has 7 fully saturated rings. The maximum Gasteiger partial charge on any atom is 0.152 e. The maximum absolute atomic E-state index is 13.1. The van der Waals surface area contributed by atoms with E-state index < -0.39 is 0 Å². The van der Waals surface area contributed by atoms with Crippen LogP contribution in [0, 0.1) is 17.8 Å². The predicted molar refractivity (Wildman–Crippen MR) is 163 cm³/mol. The molecule has 0 amide bonds. The molecule has 7 aliphatic rings. The van der Waals surface area contributed by atoms with E-state index in [1.54, 1.807) is 4.90 Å². The van der Waals surface area contributed by atoms with E-state index in [1.165, 1.54) is 58.4 Å². The first-order chi connectivity index (χ1) is 20.6. The quantitative estimate of drug-likeness (QED) is 0.184. The van der Waals surface area contributed by atoms with Gasteiger partial charge in [-0.05, 0) is 56.6 Å². The van der Waals surface area contributed by atoms with Crippen LogP contribution in [0.5, 0.6) is 0 Å². The number of hydrogen-bond acceptors (Lipinski definition) is 10. The molecule has 11 nitrogen and oxygen atoms in total. The SMILES string of the molecule is CC1NN(C2CCNC(NC3CCC(C4CSC5C(=O)CC(N6CCOCC6)OC54)CC3)N2)CC1C[NH+]1CC[NH2+]CC1. The van der Waals surface area contributed by atoms with E-state index in [0.29, 0.717) is 42.3 Å². The van der Waals surface area contributed by atoms with Crippen molar-refractivity contribution in [1.29, 1.82) is 0 Å². The first-order valence-electron chi connectivity index (χ1n) is 17.2. The van der Waals surface area contributed by atoms with Crippen LogP contribution in [0.25, 0.3) is 0 Å². The van der Waals surface area contributed by atoms with Gasteiger partial charge in [-0.25, -0.2) is 5.01 Å². The number of thioether (sulfide) groups is 1. The maximum atomic E-state index is 13.1. The molecule has 6 saturated heterocycles. The fraction of sp³-hybridized carbons (Fsp3) is 0.967. The Balaban J connectivity index is 0.869. The summed E-state index contributed by atoms with van der Waals surface area (Å²) in [6.07, 6.45) is 7.09. The monoisotopic (exact) mass is 608 g/mol. The molecule has 12 heteroatoms. The highest BCUT2D eigenvalue weighted by Crippen LogP contribution is 2.46. The number of rotatable bonds is 7. The molecule has 0 radical (unpaired) electrons. The Bertz CT molecular complexity index is 900. The number of carbonyl (C=O) groups excluding carboxylic acids is 1. The van der Waals surface area contributed by atoms with E-state index in [0.717, 1.165) is 57.5 Å². The molecule has 42 heavy (non-hydrogen) atoms. The number of quaternary nitrogens is 2. The summed E-state index contributed by atoms with van der Waals surface area (Å²) in [6.45, 7) is 14.3. The third-order valence-electron chi connectivity index (χ3n) is 11.4. The van der Waals surface area contributed by atoms with Crippen molar-refractivity contribution in [2.75, 3.05) is 77.9 Å². The Morgan fingerprint density at radius 2 is 1.93 bits per heavy atom. The van der Waals surface area contributed by atoms with Crippen molar-refractivity contribution >= 4 is 17.5 Å². The molecular weight excluding hydrogens is 552 g/mol. The first kappa shape index (κ1) is 30.3. The molecule has 1 saturated carbocycles. The van der Waals surface area contributed by atoms with E-state index in [-0.39, 0.29) is 23.9 Å². The summed E-state index contributed by atoms with van der Waals surface area (Å²) >= 11 is 1.87. The van der Waals surface area contributed by atoms with Crippen molar-refractivity contribution in [3.05, 3.63) is 0 Å². The zero-order valence-electron chi connectivity index (χ0n) is 25.6. The number of ketones is 1. The predicted octanol–water partition coefficient (Wildman–Crippen LogP) is -2.64. The summed E-state index contributed by atoms with van der Waals surface area (Å²) in [7, 11) is 0. The van der Waals surface area contributed by atoms with Gasteiger partial charge in [-0.1, -0.05) is 0 Å². The third-order valence-corrected chi connectivity index (χ3v) is 12.9. The molecule has 0 spiro atoms. The highest BCUT2D eigenvalue weighted by molar-refractivity contribution is 8.01. The molecule has 0 aromatic rings. The lowest BCUT2D eigenvalue weighted by Gasteiger charge is -2.43. The van der Waals surface area contributed by atoms with Crippen LogP contribution in [-0.2, 0) is 14.3 Å². The van der Waals surface area contributed by atoms with Gasteiger partial charge in [0.25, 0.3) is 0 Å².